The van der Waals surface area contributed by atoms with Crippen LogP contribution in [0.1, 0.15) is 52.4 Å². The molecule has 0 aliphatic carbocycles. The molecular formula is C17H30O5. The Kier molecular flexibility index (Phi) is 10.1. The highest BCUT2D eigenvalue weighted by Crippen LogP contribution is 2.23. The first-order valence-electron chi connectivity index (χ1n) is 8.30. The monoisotopic (exact) mass is 314 g/mol. The number of unbranched alkanes of at least 4 members (excludes halogenated alkanes) is 4. The molecule has 1 aliphatic heterocycles. The zero-order valence-electron chi connectivity index (χ0n) is 14.1. The van der Waals surface area contributed by atoms with Gasteiger partial charge in [-0.3, -0.25) is 0 Å². The lowest BCUT2D eigenvalue weighted by molar-refractivity contribution is -0.142. The van der Waals surface area contributed by atoms with Gasteiger partial charge in [0, 0.05) is 7.11 Å². The molecule has 0 bridgehead atoms. The fraction of sp³-hybridized carbons (Fsp3) is 0.824. The molecule has 0 radical (unpaired) electrons. The first kappa shape index (κ1) is 19.1. The molecule has 22 heavy (non-hydrogen) atoms. The molecule has 0 saturated heterocycles. The Labute approximate surface area is 133 Å². The molecule has 0 amide bonds. The first-order chi connectivity index (χ1) is 10.7. The molecule has 1 rings (SSSR count). The van der Waals surface area contributed by atoms with Gasteiger partial charge in [-0.05, 0) is 19.4 Å². The topological polar surface area (TPSA) is 54.0 Å². The summed E-state index contributed by atoms with van der Waals surface area (Å²) in [5.74, 6) is -0.261. The second-order valence-corrected chi connectivity index (χ2v) is 5.61. The maximum absolute atomic E-state index is 11.9. The minimum Gasteiger partial charge on any atom is -0.455 e. The maximum Gasteiger partial charge on any atom is 0.337 e. The summed E-state index contributed by atoms with van der Waals surface area (Å²) >= 11 is 0. The number of cyclic esters (lactones) is 1. The van der Waals surface area contributed by atoms with E-state index in [-0.39, 0.29) is 25.0 Å². The SMILES string of the molecule is CCCCCCC[C@@H](OCOCCOC)C1=C[C@@H](C)OC1=O. The summed E-state index contributed by atoms with van der Waals surface area (Å²) in [6, 6.07) is 0. The van der Waals surface area contributed by atoms with Gasteiger partial charge in [-0.25, -0.2) is 4.79 Å². The molecule has 2 atom stereocenters. The summed E-state index contributed by atoms with van der Waals surface area (Å²) in [4.78, 5) is 11.9. The molecule has 5 nitrogen and oxygen atoms in total. The van der Waals surface area contributed by atoms with E-state index in [0.29, 0.717) is 18.8 Å². The lowest BCUT2D eigenvalue weighted by Gasteiger charge is -2.17. The van der Waals surface area contributed by atoms with Gasteiger partial charge in [-0.1, -0.05) is 39.0 Å². The minimum absolute atomic E-state index is 0.164. The molecular weight excluding hydrogens is 284 g/mol. The van der Waals surface area contributed by atoms with Crippen molar-refractivity contribution in [3.05, 3.63) is 11.6 Å². The van der Waals surface area contributed by atoms with Crippen molar-refractivity contribution >= 4 is 5.97 Å². The van der Waals surface area contributed by atoms with Crippen LogP contribution in [0.4, 0.5) is 0 Å². The van der Waals surface area contributed by atoms with E-state index < -0.39 is 0 Å². The molecule has 128 valence electrons. The van der Waals surface area contributed by atoms with E-state index in [9.17, 15) is 4.79 Å². The van der Waals surface area contributed by atoms with Crippen LogP contribution in [0.3, 0.4) is 0 Å². The van der Waals surface area contributed by atoms with E-state index in [0.717, 1.165) is 19.3 Å². The van der Waals surface area contributed by atoms with Gasteiger partial charge in [-0.2, -0.15) is 0 Å². The number of carbonyl (C=O) groups is 1. The average Bonchev–Trinajstić information content (AvgIpc) is 2.83. The quantitative estimate of drug-likeness (QED) is 0.297. The molecule has 0 spiro atoms. The van der Waals surface area contributed by atoms with Crippen LogP contribution >= 0.6 is 0 Å². The van der Waals surface area contributed by atoms with Gasteiger partial charge in [0.2, 0.25) is 0 Å². The van der Waals surface area contributed by atoms with Crippen LogP contribution in [-0.2, 0) is 23.7 Å². The lowest BCUT2D eigenvalue weighted by Crippen LogP contribution is -2.22. The van der Waals surface area contributed by atoms with Crippen LogP contribution in [0.25, 0.3) is 0 Å². The Bertz CT molecular complexity index is 326. The van der Waals surface area contributed by atoms with Gasteiger partial charge in [0.05, 0.1) is 24.9 Å². The Balaban J connectivity index is 2.39. The number of methoxy groups -OCH3 is 1. The summed E-state index contributed by atoms with van der Waals surface area (Å²) in [5, 5.41) is 0. The normalized spacial score (nSPS) is 19.1. The van der Waals surface area contributed by atoms with Crippen molar-refractivity contribution in [1.29, 1.82) is 0 Å². The number of hydrogen-bond donors (Lipinski definition) is 0. The van der Waals surface area contributed by atoms with Crippen molar-refractivity contribution in [3.8, 4) is 0 Å². The summed E-state index contributed by atoms with van der Waals surface area (Å²) in [6.07, 6.45) is 8.20. The predicted octanol–water partition coefficient (Wildman–Crippen LogP) is 3.22. The summed E-state index contributed by atoms with van der Waals surface area (Å²) < 4.78 is 21.2. The van der Waals surface area contributed by atoms with E-state index >= 15 is 0 Å². The van der Waals surface area contributed by atoms with Crippen LogP contribution < -0.4 is 0 Å². The number of hydrogen-bond acceptors (Lipinski definition) is 5. The van der Waals surface area contributed by atoms with Crippen LogP contribution in [-0.4, -0.2) is 45.3 Å². The van der Waals surface area contributed by atoms with Crippen molar-refractivity contribution < 1.29 is 23.7 Å². The van der Waals surface area contributed by atoms with Gasteiger partial charge < -0.3 is 18.9 Å². The second kappa shape index (κ2) is 11.6. The van der Waals surface area contributed by atoms with Crippen LogP contribution in [0.2, 0.25) is 0 Å². The van der Waals surface area contributed by atoms with Crippen molar-refractivity contribution in [2.45, 2.75) is 64.6 Å². The van der Waals surface area contributed by atoms with Gasteiger partial charge in [-0.15, -0.1) is 0 Å². The highest BCUT2D eigenvalue weighted by molar-refractivity contribution is 5.91. The third-order valence-corrected chi connectivity index (χ3v) is 3.64. The van der Waals surface area contributed by atoms with Crippen molar-refractivity contribution in [3.63, 3.8) is 0 Å². The van der Waals surface area contributed by atoms with Gasteiger partial charge in [0.25, 0.3) is 0 Å². The third kappa shape index (κ3) is 7.38. The second-order valence-electron chi connectivity index (χ2n) is 5.61. The molecule has 0 fully saturated rings. The largest absolute Gasteiger partial charge is 0.455 e. The number of carbonyl (C=O) groups excluding carboxylic acids is 1. The standard InChI is InChI=1S/C17H30O5/c1-4-5-6-7-8-9-16(21-13-20-11-10-19-3)15-12-14(2)22-17(15)18/h12,14,16H,4-11,13H2,1-3H3/t14-,16-/m1/s1. The summed E-state index contributed by atoms with van der Waals surface area (Å²) in [6.45, 7) is 5.25. The zero-order valence-corrected chi connectivity index (χ0v) is 14.1. The van der Waals surface area contributed by atoms with E-state index in [2.05, 4.69) is 6.92 Å². The van der Waals surface area contributed by atoms with E-state index in [4.69, 9.17) is 18.9 Å². The average molecular weight is 314 g/mol. The molecule has 0 saturated carbocycles. The fourth-order valence-electron chi connectivity index (χ4n) is 2.42. The lowest BCUT2D eigenvalue weighted by atomic mass is 10.0. The predicted molar refractivity (Wildman–Crippen MR) is 84.6 cm³/mol. The van der Waals surface area contributed by atoms with Gasteiger partial charge in [0.15, 0.2) is 0 Å². The van der Waals surface area contributed by atoms with Crippen molar-refractivity contribution in [2.75, 3.05) is 27.1 Å². The fourth-order valence-corrected chi connectivity index (χ4v) is 2.42. The Morgan fingerprint density at radius 1 is 1.23 bits per heavy atom. The Morgan fingerprint density at radius 2 is 2.00 bits per heavy atom. The summed E-state index contributed by atoms with van der Waals surface area (Å²) in [5.41, 5.74) is 0.637. The number of ether oxygens (including phenoxy) is 4. The van der Waals surface area contributed by atoms with E-state index in [1.165, 1.54) is 19.3 Å². The molecule has 1 aliphatic rings. The smallest absolute Gasteiger partial charge is 0.337 e. The molecule has 0 N–H and O–H groups in total. The van der Waals surface area contributed by atoms with Crippen LogP contribution in [0.15, 0.2) is 11.6 Å². The Hall–Kier alpha value is -0.910. The molecule has 5 heteroatoms. The van der Waals surface area contributed by atoms with Crippen molar-refractivity contribution in [1.82, 2.24) is 0 Å². The molecule has 0 unspecified atom stereocenters. The zero-order chi connectivity index (χ0) is 16.2. The highest BCUT2D eigenvalue weighted by Gasteiger charge is 2.29. The molecule has 0 aromatic heterocycles. The molecule has 1 heterocycles. The Morgan fingerprint density at radius 3 is 2.64 bits per heavy atom. The summed E-state index contributed by atoms with van der Waals surface area (Å²) in [7, 11) is 1.63. The van der Waals surface area contributed by atoms with Gasteiger partial charge in [0.1, 0.15) is 12.9 Å². The van der Waals surface area contributed by atoms with E-state index in [1.54, 1.807) is 7.11 Å². The highest BCUT2D eigenvalue weighted by atomic mass is 16.7. The third-order valence-electron chi connectivity index (χ3n) is 3.64. The number of esters is 1. The molecule has 0 aromatic rings. The van der Waals surface area contributed by atoms with Crippen LogP contribution in [0, 0.1) is 0 Å². The van der Waals surface area contributed by atoms with Crippen molar-refractivity contribution in [2.24, 2.45) is 0 Å². The maximum atomic E-state index is 11.9. The first-order valence-corrected chi connectivity index (χ1v) is 8.30. The van der Waals surface area contributed by atoms with Gasteiger partial charge >= 0.3 is 5.97 Å². The minimum atomic E-state index is -0.261. The van der Waals surface area contributed by atoms with E-state index in [1.807, 2.05) is 13.0 Å². The number of rotatable bonds is 13. The molecule has 0 aromatic carbocycles. The van der Waals surface area contributed by atoms with Crippen LogP contribution in [0.5, 0.6) is 0 Å².